The molecule has 2 aromatic rings. The Balaban J connectivity index is 1.64. The zero-order chi connectivity index (χ0) is 21.2. The summed E-state index contributed by atoms with van der Waals surface area (Å²) >= 11 is 11.8. The lowest BCUT2D eigenvalue weighted by atomic mass is 10.2. The van der Waals surface area contributed by atoms with Crippen LogP contribution >= 0.6 is 23.2 Å². The van der Waals surface area contributed by atoms with Crippen molar-refractivity contribution in [2.75, 3.05) is 36.4 Å². The van der Waals surface area contributed by atoms with Crippen LogP contribution in [0.4, 0.5) is 26.4 Å². The highest BCUT2D eigenvalue weighted by molar-refractivity contribution is 6.33. The molecule has 0 radical (unpaired) electrons. The number of piperazine rings is 1. The molecule has 1 aromatic carbocycles. The van der Waals surface area contributed by atoms with Gasteiger partial charge >= 0.3 is 6.09 Å². The first-order chi connectivity index (χ1) is 13.6. The fourth-order valence-corrected chi connectivity index (χ4v) is 3.11. The Bertz CT molecular complexity index is 899. The third-order valence-corrected chi connectivity index (χ3v) is 4.68. The van der Waals surface area contributed by atoms with Crippen molar-refractivity contribution in [3.63, 3.8) is 0 Å². The molecule has 0 spiro atoms. The molecule has 0 aliphatic carbocycles. The van der Waals surface area contributed by atoms with Gasteiger partial charge in [-0.1, -0.05) is 11.6 Å². The van der Waals surface area contributed by atoms with Crippen LogP contribution in [-0.2, 0) is 4.74 Å². The number of carbonyl (C=O) groups excluding carboxylic acids is 1. The number of benzene rings is 1. The van der Waals surface area contributed by atoms with Crippen LogP contribution < -0.4 is 10.2 Å². The second-order valence-corrected chi connectivity index (χ2v) is 8.32. The summed E-state index contributed by atoms with van der Waals surface area (Å²) < 4.78 is 20.0. The monoisotopic (exact) mass is 441 g/mol. The van der Waals surface area contributed by atoms with Gasteiger partial charge in [0.05, 0.1) is 11.9 Å². The number of nitrogens with zero attached hydrogens (tertiary/aromatic N) is 4. The molecule has 29 heavy (non-hydrogen) atoms. The number of nitrogens with one attached hydrogen (secondary N) is 1. The molecule has 0 atom stereocenters. The van der Waals surface area contributed by atoms with E-state index in [1.165, 1.54) is 12.3 Å². The number of hydrogen-bond donors (Lipinski definition) is 1. The maximum atomic E-state index is 14.6. The molecule has 1 aliphatic rings. The van der Waals surface area contributed by atoms with Gasteiger partial charge in [-0.15, -0.1) is 0 Å². The Morgan fingerprint density at radius 3 is 2.52 bits per heavy atom. The van der Waals surface area contributed by atoms with Gasteiger partial charge in [-0.2, -0.15) is 4.98 Å². The summed E-state index contributed by atoms with van der Waals surface area (Å²) in [5.74, 6) is -0.229. The Kier molecular flexibility index (Phi) is 6.33. The second-order valence-electron chi connectivity index (χ2n) is 7.58. The number of amides is 1. The maximum Gasteiger partial charge on any atom is 0.410 e. The molecule has 1 aromatic heterocycles. The summed E-state index contributed by atoms with van der Waals surface area (Å²) in [6.45, 7) is 7.68. The molecule has 0 bridgehead atoms. The SMILES string of the molecule is CC(C)(C)OC(=O)N1CCN(c2ccc(Nc3nc(Cl)ncc3Cl)c(F)c2)CC1. The van der Waals surface area contributed by atoms with E-state index in [4.69, 9.17) is 27.9 Å². The van der Waals surface area contributed by atoms with Crippen molar-refractivity contribution in [2.24, 2.45) is 0 Å². The first-order valence-electron chi connectivity index (χ1n) is 9.10. The van der Waals surface area contributed by atoms with Gasteiger partial charge < -0.3 is 19.9 Å². The van der Waals surface area contributed by atoms with Crippen LogP contribution in [0.2, 0.25) is 10.3 Å². The quantitative estimate of drug-likeness (QED) is 0.694. The standard InChI is InChI=1S/C19H22Cl2FN5O2/c1-19(2,3)29-18(28)27-8-6-26(7-9-27)12-4-5-15(14(22)10-12)24-16-13(20)11-23-17(21)25-16/h4-5,10-11H,6-9H2,1-3H3,(H,23,24,25). The molecule has 7 nitrogen and oxygen atoms in total. The Hall–Kier alpha value is -2.32. The van der Waals surface area contributed by atoms with E-state index in [0.29, 0.717) is 26.2 Å². The van der Waals surface area contributed by atoms with Gasteiger partial charge in [0.15, 0.2) is 5.82 Å². The molecule has 1 amide bonds. The molecule has 1 saturated heterocycles. The molecule has 0 unspecified atom stereocenters. The Labute approximate surface area is 178 Å². The van der Waals surface area contributed by atoms with Crippen LogP contribution in [0.15, 0.2) is 24.4 Å². The van der Waals surface area contributed by atoms with E-state index in [-0.39, 0.29) is 27.9 Å². The van der Waals surface area contributed by atoms with Gasteiger partial charge in [-0.25, -0.2) is 14.2 Å². The van der Waals surface area contributed by atoms with Crippen LogP contribution in [0.25, 0.3) is 0 Å². The third kappa shape index (κ3) is 5.61. The first kappa shape index (κ1) is 21.4. The maximum absolute atomic E-state index is 14.6. The van der Waals surface area contributed by atoms with Gasteiger partial charge in [-0.3, -0.25) is 0 Å². The lowest BCUT2D eigenvalue weighted by Gasteiger charge is -2.36. The van der Waals surface area contributed by atoms with E-state index in [2.05, 4.69) is 15.3 Å². The van der Waals surface area contributed by atoms with Crippen LogP contribution in [0.1, 0.15) is 20.8 Å². The smallest absolute Gasteiger partial charge is 0.410 e. The van der Waals surface area contributed by atoms with E-state index >= 15 is 0 Å². The Morgan fingerprint density at radius 1 is 1.21 bits per heavy atom. The van der Waals surface area contributed by atoms with Gasteiger partial charge in [-0.05, 0) is 50.6 Å². The molecule has 1 N–H and O–H groups in total. The van der Waals surface area contributed by atoms with Crippen molar-refractivity contribution < 1.29 is 13.9 Å². The van der Waals surface area contributed by atoms with Crippen molar-refractivity contribution >= 4 is 46.5 Å². The summed E-state index contributed by atoms with van der Waals surface area (Å²) in [5.41, 5.74) is 0.415. The fourth-order valence-electron chi connectivity index (χ4n) is 2.84. The number of aromatic nitrogens is 2. The van der Waals surface area contributed by atoms with Crippen molar-refractivity contribution in [3.8, 4) is 0 Å². The normalized spacial score (nSPS) is 14.7. The molecule has 2 heterocycles. The van der Waals surface area contributed by atoms with Gasteiger partial charge in [0, 0.05) is 31.9 Å². The topological polar surface area (TPSA) is 70.6 Å². The molecule has 1 fully saturated rings. The number of ether oxygens (including phenoxy) is 1. The van der Waals surface area contributed by atoms with Crippen molar-refractivity contribution in [1.82, 2.24) is 14.9 Å². The van der Waals surface area contributed by atoms with Crippen molar-refractivity contribution in [1.29, 1.82) is 0 Å². The zero-order valence-corrected chi connectivity index (χ0v) is 17.9. The average Bonchev–Trinajstić information content (AvgIpc) is 2.65. The lowest BCUT2D eigenvalue weighted by Crippen LogP contribution is -2.50. The minimum Gasteiger partial charge on any atom is -0.444 e. The summed E-state index contributed by atoms with van der Waals surface area (Å²) in [5, 5.41) is 3.07. The zero-order valence-electron chi connectivity index (χ0n) is 16.4. The highest BCUT2D eigenvalue weighted by Crippen LogP contribution is 2.28. The molecule has 3 rings (SSSR count). The number of carbonyl (C=O) groups is 1. The minimum absolute atomic E-state index is 0.0109. The summed E-state index contributed by atoms with van der Waals surface area (Å²) in [4.78, 5) is 23.6. The Morgan fingerprint density at radius 2 is 1.90 bits per heavy atom. The van der Waals surface area contributed by atoms with E-state index < -0.39 is 11.4 Å². The summed E-state index contributed by atoms with van der Waals surface area (Å²) in [7, 11) is 0. The second kappa shape index (κ2) is 8.59. The molecule has 10 heteroatoms. The van der Waals surface area contributed by atoms with E-state index in [1.54, 1.807) is 17.0 Å². The van der Waals surface area contributed by atoms with Gasteiger partial charge in [0.25, 0.3) is 0 Å². The first-order valence-corrected chi connectivity index (χ1v) is 9.85. The fraction of sp³-hybridized carbons (Fsp3) is 0.421. The summed E-state index contributed by atoms with van der Waals surface area (Å²) in [6, 6.07) is 4.84. The number of anilines is 3. The van der Waals surface area contributed by atoms with Gasteiger partial charge in [0.2, 0.25) is 5.28 Å². The minimum atomic E-state index is -0.531. The molecular weight excluding hydrogens is 420 g/mol. The molecular formula is C19H22Cl2FN5O2. The molecule has 1 aliphatic heterocycles. The highest BCUT2D eigenvalue weighted by Gasteiger charge is 2.26. The van der Waals surface area contributed by atoms with Gasteiger partial charge in [0.1, 0.15) is 16.4 Å². The average molecular weight is 442 g/mol. The van der Waals surface area contributed by atoms with Crippen LogP contribution in [0, 0.1) is 5.82 Å². The van der Waals surface area contributed by atoms with E-state index in [9.17, 15) is 9.18 Å². The largest absolute Gasteiger partial charge is 0.444 e. The number of rotatable bonds is 3. The lowest BCUT2D eigenvalue weighted by molar-refractivity contribution is 0.0240. The van der Waals surface area contributed by atoms with Crippen molar-refractivity contribution in [2.45, 2.75) is 26.4 Å². The van der Waals surface area contributed by atoms with Crippen LogP contribution in [-0.4, -0.2) is 52.7 Å². The van der Waals surface area contributed by atoms with Crippen LogP contribution in [0.5, 0.6) is 0 Å². The number of halogens is 3. The predicted octanol–water partition coefficient (Wildman–Crippen LogP) is 4.72. The molecule has 0 saturated carbocycles. The predicted molar refractivity (Wildman–Crippen MR) is 112 cm³/mol. The van der Waals surface area contributed by atoms with E-state index in [1.807, 2.05) is 25.7 Å². The highest BCUT2D eigenvalue weighted by atomic mass is 35.5. The number of hydrogen-bond acceptors (Lipinski definition) is 6. The van der Waals surface area contributed by atoms with Crippen molar-refractivity contribution in [3.05, 3.63) is 40.5 Å². The van der Waals surface area contributed by atoms with Crippen LogP contribution in [0.3, 0.4) is 0 Å². The van der Waals surface area contributed by atoms with E-state index in [0.717, 1.165) is 5.69 Å². The molecule has 156 valence electrons. The summed E-state index contributed by atoms with van der Waals surface area (Å²) in [6.07, 6.45) is 1.01. The third-order valence-electron chi connectivity index (χ3n) is 4.22.